The molecule has 4 heterocycles. The van der Waals surface area contributed by atoms with Crippen molar-refractivity contribution in [2.24, 2.45) is 0 Å². The van der Waals surface area contributed by atoms with Crippen LogP contribution in [-0.2, 0) is 19.1 Å². The summed E-state index contributed by atoms with van der Waals surface area (Å²) in [5.41, 5.74) is 1.37. The normalized spacial score (nSPS) is 21.0. The first-order chi connectivity index (χ1) is 21.6. The third-order valence-corrected chi connectivity index (χ3v) is 9.21. The van der Waals surface area contributed by atoms with Crippen LogP contribution < -0.4 is 14.5 Å². The number of piperazine rings is 1. The maximum absolute atomic E-state index is 14.2. The van der Waals surface area contributed by atoms with Crippen molar-refractivity contribution in [3.8, 4) is 12.1 Å². The number of hydrogen-bond acceptors (Lipinski definition) is 8. The van der Waals surface area contributed by atoms with Crippen LogP contribution in [0.3, 0.4) is 0 Å². The fourth-order valence-corrected chi connectivity index (χ4v) is 6.88. The SMILES string of the molecule is CN1CCC[C@H]1COc1nc2c(c(N3CCN(C(=O)O)[C@@H](CC#N)C3)n1)CCCN(c1cccc3cccc(C(F)(F)F)c13)C2. The molecule has 3 aliphatic heterocycles. The molecule has 0 bridgehead atoms. The Bertz CT molecular complexity index is 1610. The highest BCUT2D eigenvalue weighted by molar-refractivity contribution is 5.97. The number of carbonyl (C=O) groups is 1. The van der Waals surface area contributed by atoms with Gasteiger partial charge < -0.3 is 29.4 Å². The van der Waals surface area contributed by atoms with Gasteiger partial charge in [-0.2, -0.15) is 28.4 Å². The first kappa shape index (κ1) is 30.7. The van der Waals surface area contributed by atoms with Crippen LogP contribution in [0.4, 0.5) is 29.5 Å². The van der Waals surface area contributed by atoms with Gasteiger partial charge in [0, 0.05) is 48.9 Å². The summed E-state index contributed by atoms with van der Waals surface area (Å²) in [5, 5.41) is 19.8. The zero-order valence-corrected chi connectivity index (χ0v) is 25.1. The molecule has 3 aliphatic rings. The van der Waals surface area contributed by atoms with Gasteiger partial charge in [-0.25, -0.2) is 4.79 Å². The summed E-state index contributed by atoms with van der Waals surface area (Å²) in [6.45, 7) is 3.03. The average molecular weight is 624 g/mol. The van der Waals surface area contributed by atoms with Crippen molar-refractivity contribution in [2.75, 3.05) is 56.2 Å². The summed E-state index contributed by atoms with van der Waals surface area (Å²) >= 11 is 0. The molecule has 0 saturated carbocycles. The molecule has 10 nitrogen and oxygen atoms in total. The highest BCUT2D eigenvalue weighted by atomic mass is 19.4. The lowest BCUT2D eigenvalue weighted by Gasteiger charge is -2.40. The van der Waals surface area contributed by atoms with E-state index in [2.05, 4.69) is 18.0 Å². The van der Waals surface area contributed by atoms with Gasteiger partial charge in [-0.05, 0) is 56.8 Å². The van der Waals surface area contributed by atoms with Gasteiger partial charge in [0.25, 0.3) is 0 Å². The number of fused-ring (bicyclic) bond motifs is 2. The van der Waals surface area contributed by atoms with Gasteiger partial charge >= 0.3 is 18.3 Å². The minimum Gasteiger partial charge on any atom is -0.465 e. The van der Waals surface area contributed by atoms with Crippen LogP contribution >= 0.6 is 0 Å². The fraction of sp³-hybridized carbons (Fsp3) is 0.500. The lowest BCUT2D eigenvalue weighted by atomic mass is 10.0. The third-order valence-electron chi connectivity index (χ3n) is 9.21. The number of aromatic nitrogens is 2. The number of hydrogen-bond donors (Lipinski definition) is 1. The van der Waals surface area contributed by atoms with E-state index < -0.39 is 23.9 Å². The number of rotatable bonds is 6. The molecule has 238 valence electrons. The number of alkyl halides is 3. The maximum Gasteiger partial charge on any atom is 0.417 e. The number of nitrogens with zero attached hydrogens (tertiary/aromatic N) is 7. The van der Waals surface area contributed by atoms with Crippen molar-refractivity contribution in [2.45, 2.75) is 56.9 Å². The molecule has 1 amide bonds. The van der Waals surface area contributed by atoms with Gasteiger partial charge in [-0.1, -0.05) is 24.3 Å². The van der Waals surface area contributed by atoms with E-state index in [1.165, 1.54) is 11.0 Å². The second-order valence-corrected chi connectivity index (χ2v) is 12.0. The first-order valence-corrected chi connectivity index (χ1v) is 15.3. The minimum absolute atomic E-state index is 0.0455. The minimum atomic E-state index is -4.51. The van der Waals surface area contributed by atoms with Gasteiger partial charge in [-0.15, -0.1) is 0 Å². The number of halogens is 3. The van der Waals surface area contributed by atoms with Crippen molar-refractivity contribution in [3.63, 3.8) is 0 Å². The summed E-state index contributed by atoms with van der Waals surface area (Å²) in [5.74, 6) is 0.638. The van der Waals surface area contributed by atoms with Crippen molar-refractivity contribution >= 4 is 28.4 Å². The summed E-state index contributed by atoms with van der Waals surface area (Å²) in [6.07, 6.45) is -2.22. The van der Waals surface area contributed by atoms with E-state index in [0.717, 1.165) is 31.0 Å². The van der Waals surface area contributed by atoms with Crippen LogP contribution in [0.2, 0.25) is 0 Å². The van der Waals surface area contributed by atoms with Crippen LogP contribution in [0.5, 0.6) is 6.01 Å². The van der Waals surface area contributed by atoms with E-state index in [-0.39, 0.29) is 43.5 Å². The number of benzene rings is 2. The van der Waals surface area contributed by atoms with Crippen LogP contribution in [0.1, 0.15) is 42.5 Å². The molecule has 3 aromatic rings. The van der Waals surface area contributed by atoms with Gasteiger partial charge in [0.05, 0.1) is 36.3 Å². The quantitative estimate of drug-likeness (QED) is 0.399. The Kier molecular flexibility index (Phi) is 8.59. The number of ether oxygens (including phenoxy) is 1. The molecule has 6 rings (SSSR count). The first-order valence-electron chi connectivity index (χ1n) is 15.3. The highest BCUT2D eigenvalue weighted by Gasteiger charge is 2.36. The molecule has 2 fully saturated rings. The molecule has 0 unspecified atom stereocenters. The predicted octanol–water partition coefficient (Wildman–Crippen LogP) is 5.16. The third kappa shape index (κ3) is 6.29. The van der Waals surface area contributed by atoms with E-state index in [9.17, 15) is 28.3 Å². The molecular formula is C32H36F3N7O3. The molecule has 0 spiro atoms. The molecule has 2 saturated heterocycles. The predicted molar refractivity (Wildman–Crippen MR) is 162 cm³/mol. The molecule has 1 N–H and O–H groups in total. The van der Waals surface area contributed by atoms with Crippen LogP contribution in [-0.4, -0.2) is 89.4 Å². The Balaban J connectivity index is 1.39. The number of likely N-dealkylation sites (N-methyl/N-ethyl adjacent to an activating group) is 1. The van der Waals surface area contributed by atoms with Crippen molar-refractivity contribution in [1.82, 2.24) is 19.8 Å². The van der Waals surface area contributed by atoms with E-state index in [0.29, 0.717) is 55.1 Å². The molecule has 2 aromatic carbocycles. The van der Waals surface area contributed by atoms with E-state index in [1.807, 2.05) is 9.80 Å². The van der Waals surface area contributed by atoms with E-state index in [4.69, 9.17) is 14.7 Å². The Hall–Kier alpha value is -4.31. The van der Waals surface area contributed by atoms with Crippen LogP contribution in [0.25, 0.3) is 10.8 Å². The molecule has 13 heteroatoms. The Morgan fingerprint density at radius 1 is 1.07 bits per heavy atom. The van der Waals surface area contributed by atoms with Crippen molar-refractivity contribution in [1.29, 1.82) is 5.26 Å². The number of anilines is 2. The molecule has 0 aliphatic carbocycles. The molecular weight excluding hydrogens is 587 g/mol. The summed E-state index contributed by atoms with van der Waals surface area (Å²) in [4.78, 5) is 29.1. The van der Waals surface area contributed by atoms with E-state index in [1.54, 1.807) is 24.3 Å². The van der Waals surface area contributed by atoms with Gasteiger partial charge in [0.2, 0.25) is 0 Å². The smallest absolute Gasteiger partial charge is 0.417 e. The molecule has 2 atom stereocenters. The second kappa shape index (κ2) is 12.6. The lowest BCUT2D eigenvalue weighted by Crippen LogP contribution is -2.55. The lowest BCUT2D eigenvalue weighted by molar-refractivity contribution is -0.136. The zero-order chi connectivity index (χ0) is 31.7. The monoisotopic (exact) mass is 623 g/mol. The molecule has 0 radical (unpaired) electrons. The zero-order valence-electron chi connectivity index (χ0n) is 25.1. The number of likely N-dealkylation sites (tertiary alicyclic amines) is 1. The second-order valence-electron chi connectivity index (χ2n) is 12.0. The average Bonchev–Trinajstić information content (AvgIpc) is 3.30. The van der Waals surface area contributed by atoms with Crippen molar-refractivity contribution in [3.05, 3.63) is 53.2 Å². The van der Waals surface area contributed by atoms with Crippen LogP contribution in [0, 0.1) is 11.3 Å². The Labute approximate surface area is 259 Å². The summed E-state index contributed by atoms with van der Waals surface area (Å²) in [7, 11) is 2.05. The van der Waals surface area contributed by atoms with Crippen LogP contribution in [0.15, 0.2) is 36.4 Å². The van der Waals surface area contributed by atoms with Gasteiger partial charge in [0.15, 0.2) is 0 Å². The molecule has 1 aromatic heterocycles. The molecule has 45 heavy (non-hydrogen) atoms. The van der Waals surface area contributed by atoms with Gasteiger partial charge in [0.1, 0.15) is 12.4 Å². The maximum atomic E-state index is 14.2. The number of nitriles is 1. The van der Waals surface area contributed by atoms with E-state index >= 15 is 0 Å². The topological polar surface area (TPSA) is 109 Å². The number of carboxylic acid groups (broad SMARTS) is 1. The highest BCUT2D eigenvalue weighted by Crippen LogP contribution is 2.41. The largest absolute Gasteiger partial charge is 0.465 e. The van der Waals surface area contributed by atoms with Crippen molar-refractivity contribution < 1.29 is 27.8 Å². The van der Waals surface area contributed by atoms with Gasteiger partial charge in [-0.3, -0.25) is 0 Å². The fourth-order valence-electron chi connectivity index (χ4n) is 6.88. The number of amides is 1. The summed E-state index contributed by atoms with van der Waals surface area (Å²) in [6, 6.07) is 11.5. The Morgan fingerprint density at radius 3 is 2.58 bits per heavy atom. The standard InChI is InChI=1S/C32H36F3N7O3/c1-39-14-4-8-23(39)20-45-30-37-26-19-40(27-11-3-7-21-6-2-10-25(28(21)27)32(33,34)35)15-5-9-24(26)29(38-30)41-16-17-42(31(43)44)22(18-41)12-13-36/h2-3,6-7,10-11,22-23H,4-5,8-9,12,14-20H2,1H3,(H,43,44)/t22-,23-/m0/s1. The Morgan fingerprint density at radius 2 is 1.87 bits per heavy atom. The summed E-state index contributed by atoms with van der Waals surface area (Å²) < 4.78 is 48.7.